The van der Waals surface area contributed by atoms with Crippen molar-refractivity contribution in [3.8, 4) is 27.2 Å². The molecule has 0 atom stereocenters. The van der Waals surface area contributed by atoms with Gasteiger partial charge in [0, 0.05) is 5.56 Å². The van der Waals surface area contributed by atoms with E-state index in [0.717, 1.165) is 12.1 Å². The van der Waals surface area contributed by atoms with Crippen LogP contribution >= 0.6 is 11.3 Å². The highest BCUT2D eigenvalue weighted by Gasteiger charge is 2.30. The van der Waals surface area contributed by atoms with E-state index in [4.69, 9.17) is 5.26 Å². The van der Waals surface area contributed by atoms with Crippen LogP contribution in [0.15, 0.2) is 24.3 Å². The molecular formula is C14H8F3N5S. The number of halogens is 3. The summed E-state index contributed by atoms with van der Waals surface area (Å²) in [6.45, 7) is 1.71. The Labute approximate surface area is 132 Å². The number of aryl methyl sites for hydroxylation is 1. The monoisotopic (exact) mass is 335 g/mol. The van der Waals surface area contributed by atoms with E-state index in [2.05, 4.69) is 20.4 Å². The Morgan fingerprint density at radius 1 is 1.26 bits per heavy atom. The maximum atomic E-state index is 12.8. The molecule has 0 fully saturated rings. The van der Waals surface area contributed by atoms with Gasteiger partial charge in [-0.1, -0.05) is 12.1 Å². The highest BCUT2D eigenvalue weighted by molar-refractivity contribution is 7.18. The average molecular weight is 335 g/mol. The number of rotatable bonds is 2. The van der Waals surface area contributed by atoms with E-state index in [0.29, 0.717) is 26.8 Å². The van der Waals surface area contributed by atoms with Gasteiger partial charge in [0.25, 0.3) is 0 Å². The molecule has 9 heteroatoms. The first-order chi connectivity index (χ1) is 10.9. The Kier molecular flexibility index (Phi) is 3.61. The third-order valence-electron chi connectivity index (χ3n) is 3.10. The van der Waals surface area contributed by atoms with E-state index in [1.165, 1.54) is 17.4 Å². The quantitative estimate of drug-likeness (QED) is 0.773. The molecule has 0 aliphatic heterocycles. The average Bonchev–Trinajstić information content (AvgIpc) is 3.12. The first kappa shape index (κ1) is 15.2. The van der Waals surface area contributed by atoms with Crippen LogP contribution in [0.5, 0.6) is 0 Å². The summed E-state index contributed by atoms with van der Waals surface area (Å²) in [4.78, 5) is 4.90. The number of thiazole rings is 1. The smallest absolute Gasteiger partial charge is 0.241 e. The van der Waals surface area contributed by atoms with E-state index in [1.54, 1.807) is 13.0 Å². The molecule has 0 bridgehead atoms. The lowest BCUT2D eigenvalue weighted by atomic mass is 10.1. The number of H-pyrrole nitrogens is 1. The van der Waals surface area contributed by atoms with Gasteiger partial charge in [-0.25, -0.2) is 4.98 Å². The van der Waals surface area contributed by atoms with Crippen molar-refractivity contribution >= 4 is 11.3 Å². The number of hydrogen-bond acceptors (Lipinski definition) is 5. The van der Waals surface area contributed by atoms with Crippen molar-refractivity contribution in [3.63, 3.8) is 0 Å². The van der Waals surface area contributed by atoms with Gasteiger partial charge < -0.3 is 0 Å². The lowest BCUT2D eigenvalue weighted by Crippen LogP contribution is -2.04. The van der Waals surface area contributed by atoms with Crippen LogP contribution in [0.4, 0.5) is 13.2 Å². The molecule has 0 unspecified atom stereocenters. The summed E-state index contributed by atoms with van der Waals surface area (Å²) in [7, 11) is 0. The van der Waals surface area contributed by atoms with Crippen LogP contribution in [0, 0.1) is 18.3 Å². The van der Waals surface area contributed by atoms with E-state index < -0.39 is 11.7 Å². The Bertz CT molecular complexity index is 904. The minimum atomic E-state index is -4.41. The number of aromatic amines is 1. The summed E-state index contributed by atoms with van der Waals surface area (Å²) in [5.41, 5.74) is 0.672. The fourth-order valence-electron chi connectivity index (χ4n) is 2.04. The number of aromatic nitrogens is 4. The molecule has 0 spiro atoms. The molecule has 0 saturated heterocycles. The van der Waals surface area contributed by atoms with Gasteiger partial charge in [0.1, 0.15) is 16.8 Å². The number of nitrogens with one attached hydrogen (secondary N) is 1. The highest BCUT2D eigenvalue weighted by Crippen LogP contribution is 2.37. The molecule has 23 heavy (non-hydrogen) atoms. The largest absolute Gasteiger partial charge is 0.416 e. The van der Waals surface area contributed by atoms with Crippen LogP contribution in [0.2, 0.25) is 0 Å². The molecule has 3 aromatic rings. The van der Waals surface area contributed by atoms with Crippen LogP contribution in [0.25, 0.3) is 21.1 Å². The third kappa shape index (κ3) is 2.80. The second-order valence-electron chi connectivity index (χ2n) is 4.64. The Morgan fingerprint density at radius 2 is 2.04 bits per heavy atom. The second kappa shape index (κ2) is 5.48. The predicted octanol–water partition coefficient (Wildman–Crippen LogP) is 3.79. The molecular weight excluding hydrogens is 327 g/mol. The van der Waals surface area contributed by atoms with Crippen molar-refractivity contribution in [1.82, 2.24) is 20.4 Å². The Hall–Kier alpha value is -2.73. The Balaban J connectivity index is 2.07. The van der Waals surface area contributed by atoms with Crippen molar-refractivity contribution in [2.24, 2.45) is 0 Å². The van der Waals surface area contributed by atoms with Gasteiger partial charge in [0.2, 0.25) is 0 Å². The van der Waals surface area contributed by atoms with Crippen molar-refractivity contribution in [2.45, 2.75) is 13.1 Å². The molecule has 0 saturated carbocycles. The minimum absolute atomic E-state index is 0.118. The molecule has 1 N–H and O–H groups in total. The van der Waals surface area contributed by atoms with Crippen LogP contribution in [-0.2, 0) is 6.18 Å². The molecule has 5 nitrogen and oxygen atoms in total. The van der Waals surface area contributed by atoms with Crippen LogP contribution < -0.4 is 0 Å². The van der Waals surface area contributed by atoms with Gasteiger partial charge in [-0.05, 0) is 19.1 Å². The van der Waals surface area contributed by atoms with Crippen LogP contribution in [-0.4, -0.2) is 20.4 Å². The van der Waals surface area contributed by atoms with Gasteiger partial charge in [0.05, 0.1) is 16.1 Å². The fourth-order valence-corrected chi connectivity index (χ4v) is 3.09. The zero-order chi connectivity index (χ0) is 16.6. The van der Waals surface area contributed by atoms with Crippen molar-refractivity contribution in [2.75, 3.05) is 0 Å². The predicted molar refractivity (Wildman–Crippen MR) is 77.4 cm³/mol. The summed E-state index contributed by atoms with van der Waals surface area (Å²) in [6.07, 6.45) is -4.41. The summed E-state index contributed by atoms with van der Waals surface area (Å²) in [6, 6.07) is 6.87. The summed E-state index contributed by atoms with van der Waals surface area (Å²) < 4.78 is 38.4. The van der Waals surface area contributed by atoms with Crippen molar-refractivity contribution in [3.05, 3.63) is 41.2 Å². The maximum Gasteiger partial charge on any atom is 0.416 e. The lowest BCUT2D eigenvalue weighted by molar-refractivity contribution is -0.137. The zero-order valence-electron chi connectivity index (χ0n) is 11.6. The van der Waals surface area contributed by atoms with E-state index in [9.17, 15) is 13.2 Å². The number of nitrogens with zero attached hydrogens (tertiary/aromatic N) is 4. The number of alkyl halides is 3. The maximum absolute atomic E-state index is 12.8. The van der Waals surface area contributed by atoms with Gasteiger partial charge in [-0.3, -0.25) is 0 Å². The zero-order valence-corrected chi connectivity index (χ0v) is 12.5. The van der Waals surface area contributed by atoms with E-state index >= 15 is 0 Å². The van der Waals surface area contributed by atoms with Gasteiger partial charge >= 0.3 is 6.18 Å². The third-order valence-corrected chi connectivity index (χ3v) is 4.32. The molecule has 116 valence electrons. The summed E-state index contributed by atoms with van der Waals surface area (Å²) in [5, 5.41) is 19.4. The van der Waals surface area contributed by atoms with Crippen LogP contribution in [0.1, 0.15) is 17.0 Å². The molecule has 1 aromatic carbocycles. The minimum Gasteiger partial charge on any atom is -0.241 e. The first-order valence-electron chi connectivity index (χ1n) is 6.36. The second-order valence-corrected chi connectivity index (χ2v) is 5.64. The Morgan fingerprint density at radius 3 is 2.74 bits per heavy atom. The van der Waals surface area contributed by atoms with Crippen LogP contribution in [0.3, 0.4) is 0 Å². The number of benzene rings is 1. The first-order valence-corrected chi connectivity index (χ1v) is 7.18. The normalized spacial score (nSPS) is 11.4. The van der Waals surface area contributed by atoms with Crippen molar-refractivity contribution < 1.29 is 13.2 Å². The van der Waals surface area contributed by atoms with E-state index in [-0.39, 0.29) is 5.69 Å². The molecule has 3 rings (SSSR count). The molecule has 0 amide bonds. The fraction of sp³-hybridized carbons (Fsp3) is 0.143. The van der Waals surface area contributed by atoms with E-state index in [1.807, 2.05) is 6.07 Å². The summed E-state index contributed by atoms with van der Waals surface area (Å²) in [5.74, 6) is 0. The molecule has 0 radical (unpaired) electrons. The molecule has 0 aliphatic rings. The van der Waals surface area contributed by atoms with Gasteiger partial charge in [-0.2, -0.15) is 28.7 Å². The molecule has 2 aromatic heterocycles. The topological polar surface area (TPSA) is 78.2 Å². The number of hydrogen-bond donors (Lipinski definition) is 1. The molecule has 2 heterocycles. The van der Waals surface area contributed by atoms with Crippen molar-refractivity contribution in [1.29, 1.82) is 5.26 Å². The highest BCUT2D eigenvalue weighted by atomic mass is 32.1. The standard InChI is InChI=1S/C14H8F3N5S/c1-7-12(11-10(6-18)20-22-21-11)23-13(19-7)8-3-2-4-9(5-8)14(15,16)17/h2-5H,1H3,(H,20,21,22). The van der Waals surface area contributed by atoms with Gasteiger partial charge in [0.15, 0.2) is 5.69 Å². The SMILES string of the molecule is Cc1nc(-c2cccc(C(F)(F)F)c2)sc1-c1n[nH]nc1C#N. The number of nitriles is 1. The van der Waals surface area contributed by atoms with Gasteiger partial charge in [-0.15, -0.1) is 16.4 Å². The molecule has 0 aliphatic carbocycles. The summed E-state index contributed by atoms with van der Waals surface area (Å²) >= 11 is 1.17. The lowest BCUT2D eigenvalue weighted by Gasteiger charge is -2.07.